The van der Waals surface area contributed by atoms with Crippen LogP contribution in [0.2, 0.25) is 0 Å². The number of carboxylic acids is 2. The minimum atomic E-state index is -3.78. The number of hydrogen-bond donors (Lipinski definition) is 19. The zero-order chi connectivity index (χ0) is 83.3. The van der Waals surface area contributed by atoms with Gasteiger partial charge in [0, 0.05) is 109 Å². The normalized spacial score (nSPS) is 13.6. The Morgan fingerprint density at radius 1 is 0.396 bits per heavy atom. The third-order valence-electron chi connectivity index (χ3n) is 17.8. The van der Waals surface area contributed by atoms with Gasteiger partial charge in [-0.3, -0.25) is 14.4 Å². The van der Waals surface area contributed by atoms with Crippen LogP contribution in [0.3, 0.4) is 0 Å². The zero-order valence-corrected chi connectivity index (χ0v) is 69.4. The van der Waals surface area contributed by atoms with Crippen LogP contribution in [-0.2, 0) is 64.5 Å². The lowest BCUT2D eigenvalue weighted by molar-refractivity contribution is -0.143. The van der Waals surface area contributed by atoms with E-state index in [1.807, 2.05) is 32.8 Å². The molecule has 0 aliphatic heterocycles. The van der Waals surface area contributed by atoms with Gasteiger partial charge in [-0.25, -0.2) is 65.7 Å². The van der Waals surface area contributed by atoms with Crippen molar-refractivity contribution in [3.8, 4) is 0 Å². The van der Waals surface area contributed by atoms with Crippen LogP contribution >= 0.6 is 0 Å². The molecule has 0 radical (unpaired) electrons. The van der Waals surface area contributed by atoms with Crippen molar-refractivity contribution < 1.29 is 71.8 Å². The van der Waals surface area contributed by atoms with Gasteiger partial charge in [0.15, 0.2) is 0 Å². The summed E-state index contributed by atoms with van der Waals surface area (Å²) in [5, 5.41) is 28.0. The molecule has 0 unspecified atom stereocenters. The number of aliphatic hydroxyl groups excluding tert-OH is 1. The molecule has 1 amide bonds. The summed E-state index contributed by atoms with van der Waals surface area (Å²) in [5.74, 6) is -2.17. The quantitative estimate of drug-likeness (QED) is 0.0348. The number of likely N-dealkylation sites (N-methyl/N-ethyl adjacent to an activating group) is 1. The van der Waals surface area contributed by atoms with Crippen LogP contribution in [0.25, 0.3) is 0 Å². The first-order valence-corrected chi connectivity index (χ1v) is 41.0. The summed E-state index contributed by atoms with van der Waals surface area (Å²) in [6, 6.07) is -0.270. The largest absolute Gasteiger partial charge is 0.481 e. The molecule has 33 nitrogen and oxygen atoms in total. The molecule has 1 saturated carbocycles. The number of rotatable bonds is 21. The van der Waals surface area contributed by atoms with E-state index >= 15 is 0 Å². The van der Waals surface area contributed by atoms with Gasteiger partial charge in [0.2, 0.25) is 56.0 Å². The van der Waals surface area contributed by atoms with Gasteiger partial charge in [0.05, 0.1) is 37.0 Å². The Bertz CT molecular complexity index is 4440. The maximum atomic E-state index is 12.8. The number of aliphatic carboxylic acids is 2. The van der Waals surface area contributed by atoms with E-state index in [0.29, 0.717) is 168 Å². The first kappa shape index (κ1) is 98.0. The average molecular weight is 1590 g/mol. The molecule has 0 spiro atoms. The summed E-state index contributed by atoms with van der Waals surface area (Å²) in [5.41, 5.74) is 71.7. The molecule has 1 fully saturated rings. The Hall–Kier alpha value is -8.02. The van der Waals surface area contributed by atoms with Crippen LogP contribution in [0.5, 0.6) is 0 Å². The summed E-state index contributed by atoms with van der Waals surface area (Å²) in [6.07, 6.45) is 2.17. The SMILES string of the molecule is CC.CC(=O)NCCNS(=O)(=O)c1c(C)c(N)c(C)c(N)c1C.CCC(=O)O.CNS(=O)(=O)c1c(C)c(N)c(C)c(N)c1C.Cc1c(N)c(C)c(S(=O)(=O)NC2CCC(C(=O)O)CC2)c(C)c1N.Cc1c(N)c(C)c(S(=O)(=O)NCCN(C)C)c(C)c1N.Cc1c(N)c(C)c(S(=O)(=O)NCCO)c(C)c1N. The van der Waals surface area contributed by atoms with Gasteiger partial charge in [-0.2, -0.15) is 0 Å². The van der Waals surface area contributed by atoms with E-state index in [9.17, 15) is 56.5 Å². The summed E-state index contributed by atoms with van der Waals surface area (Å²) in [6.45, 7) is 33.4. The van der Waals surface area contributed by atoms with Crippen LogP contribution < -0.4 is 86.3 Å². The van der Waals surface area contributed by atoms with E-state index in [0.717, 1.165) is 11.1 Å². The Labute approximate surface area is 628 Å². The van der Waals surface area contributed by atoms with E-state index in [4.69, 9.17) is 72.7 Å². The lowest BCUT2D eigenvalue weighted by Crippen LogP contribution is -2.39. The third kappa shape index (κ3) is 25.0. The predicted molar refractivity (Wildman–Crippen MR) is 427 cm³/mol. The smallest absolute Gasteiger partial charge is 0.306 e. The molecule has 1 aliphatic rings. The first-order chi connectivity index (χ1) is 48.5. The number of sulfonamides is 5. The van der Waals surface area contributed by atoms with Gasteiger partial charge in [-0.05, 0) is 234 Å². The fraction of sp³-hybridized carbons (Fsp3) is 0.515. The Balaban J connectivity index is 0.00000128. The minimum absolute atomic E-state index is 0.0467. The van der Waals surface area contributed by atoms with Crippen molar-refractivity contribution in [1.82, 2.24) is 33.8 Å². The van der Waals surface area contributed by atoms with Crippen LogP contribution in [0.4, 0.5) is 56.9 Å². The highest BCUT2D eigenvalue weighted by Gasteiger charge is 2.33. The van der Waals surface area contributed by atoms with Crippen LogP contribution in [-0.4, -0.2) is 147 Å². The summed E-state index contributed by atoms with van der Waals surface area (Å²) >= 11 is 0. The maximum absolute atomic E-state index is 12.8. The molecular weight excluding hydrogens is 1470 g/mol. The van der Waals surface area contributed by atoms with Crippen molar-refractivity contribution in [2.75, 3.05) is 118 Å². The molecule has 0 saturated heterocycles. The summed E-state index contributed by atoms with van der Waals surface area (Å²) in [4.78, 5) is 33.7. The number of amides is 1. The molecule has 5 aromatic rings. The fourth-order valence-corrected chi connectivity index (χ4v) is 18.9. The predicted octanol–water partition coefficient (Wildman–Crippen LogP) is 4.74. The standard InChI is InChI=1S/C16H25N3O4S.C13H22N4O3S.C13H24N4O2S.C11H19N3O3S.C10H17N3O2S.C3H6O2.C2H6/c1-8-13(17)9(2)15(10(3)14(8)18)24(22,23)19-12-6-4-11(5-7-12)16(20)21;1-7-11(14)8(2)13(9(3)12(7)15)21(19,20)17-6-5-16-10(4)18;1-8-11(14)9(2)13(10(3)12(8)15)20(18,19)16-6-7-17(4)5;1-6-9(12)7(2)11(8(3)10(6)13)18(16,17)14-4-5-15;1-5-8(11)6(2)10(7(3)9(5)12)16(14,15)13-4;1-2-3(4)5;1-2/h11-12,19H,4-7,17-18H2,1-3H3,(H,20,21);17H,5-6,14-15H2,1-4H3,(H,16,18);16H,6-7,14-15H2,1-5H3;14-15H,4-5,12-13H2,1-3H3;13H,11-12H2,1-4H3;2H2,1H3,(H,4,5);1-2H3. The summed E-state index contributed by atoms with van der Waals surface area (Å²) in [7, 11) is -13.3. The molecule has 106 heavy (non-hydrogen) atoms. The Morgan fingerprint density at radius 2 is 0.632 bits per heavy atom. The lowest BCUT2D eigenvalue weighted by Gasteiger charge is -2.27. The maximum Gasteiger partial charge on any atom is 0.306 e. The third-order valence-corrected chi connectivity index (χ3v) is 26.5. The van der Waals surface area contributed by atoms with Crippen molar-refractivity contribution >= 4 is 125 Å². The van der Waals surface area contributed by atoms with Gasteiger partial charge < -0.3 is 82.9 Å². The molecule has 0 bridgehead atoms. The highest BCUT2D eigenvalue weighted by Crippen LogP contribution is 2.39. The van der Waals surface area contributed by atoms with Gasteiger partial charge in [0.25, 0.3) is 0 Å². The second-order valence-corrected chi connectivity index (χ2v) is 33.9. The first-order valence-electron chi connectivity index (χ1n) is 33.6. The van der Waals surface area contributed by atoms with E-state index in [1.54, 1.807) is 111 Å². The van der Waals surface area contributed by atoms with E-state index in [2.05, 4.69) is 28.9 Å². The van der Waals surface area contributed by atoms with Crippen LogP contribution in [0, 0.1) is 110 Å². The molecule has 0 atom stereocenters. The molecule has 5 aromatic carbocycles. The van der Waals surface area contributed by atoms with Gasteiger partial charge in [-0.1, -0.05) is 20.8 Å². The van der Waals surface area contributed by atoms with E-state index in [1.165, 1.54) is 14.0 Å². The highest BCUT2D eigenvalue weighted by molar-refractivity contribution is 7.90. The molecule has 1 aliphatic carbocycles. The van der Waals surface area contributed by atoms with Gasteiger partial charge in [0.1, 0.15) is 0 Å². The number of hydrogen-bond acceptors (Lipinski definition) is 25. The van der Waals surface area contributed by atoms with E-state index in [-0.39, 0.29) is 75.0 Å². The Morgan fingerprint density at radius 3 is 0.849 bits per heavy atom. The number of carbonyl (C=O) groups excluding carboxylic acids is 1. The van der Waals surface area contributed by atoms with Gasteiger partial charge >= 0.3 is 11.9 Å². The van der Waals surface area contributed by atoms with Crippen molar-refractivity contribution in [2.45, 2.75) is 194 Å². The number of nitrogen functional groups attached to an aromatic ring is 10. The summed E-state index contributed by atoms with van der Waals surface area (Å²) < 4.78 is 136. The zero-order valence-electron chi connectivity index (χ0n) is 65.3. The topological polar surface area (TPSA) is 618 Å². The minimum Gasteiger partial charge on any atom is -0.481 e. The molecule has 0 heterocycles. The molecule has 602 valence electrons. The van der Waals surface area contributed by atoms with Crippen molar-refractivity contribution in [3.05, 3.63) is 83.5 Å². The monoisotopic (exact) mass is 1590 g/mol. The number of nitrogens with two attached hydrogens (primary N) is 10. The number of benzene rings is 5. The number of nitrogens with zero attached hydrogens (tertiary/aromatic N) is 1. The van der Waals surface area contributed by atoms with Crippen LogP contribution in [0.1, 0.15) is 143 Å². The Kier molecular flexibility index (Phi) is 38.2. The highest BCUT2D eigenvalue weighted by atomic mass is 32.2. The lowest BCUT2D eigenvalue weighted by atomic mass is 9.87. The number of nitrogens with one attached hydrogen (secondary N) is 6. The number of carboxylic acid groups (broad SMARTS) is 2. The van der Waals surface area contributed by atoms with Crippen molar-refractivity contribution in [3.63, 3.8) is 0 Å². The molecule has 29 N–H and O–H groups in total. The molecule has 0 aromatic heterocycles. The fourth-order valence-electron chi connectivity index (χ4n) is 11.2. The van der Waals surface area contributed by atoms with Gasteiger partial charge in [-0.15, -0.1) is 0 Å². The molecule has 38 heteroatoms. The van der Waals surface area contributed by atoms with E-state index < -0.39 is 62.1 Å². The number of aliphatic hydroxyl groups is 1. The number of carbonyl (C=O) groups is 3. The van der Waals surface area contributed by atoms with Crippen molar-refractivity contribution in [1.29, 1.82) is 0 Å². The number of anilines is 10. The molecular formula is C68H119N17O16S5. The molecule has 6 rings (SSSR count). The van der Waals surface area contributed by atoms with Crippen LogP contribution in [0.15, 0.2) is 24.5 Å². The second-order valence-electron chi connectivity index (χ2n) is 25.3. The average Bonchev–Trinajstić information content (AvgIpc) is 0.802. The van der Waals surface area contributed by atoms with Crippen molar-refractivity contribution in [2.24, 2.45) is 5.92 Å². The second kappa shape index (κ2) is 41.4.